The van der Waals surface area contributed by atoms with Gasteiger partial charge in [0.15, 0.2) is 0 Å². The van der Waals surface area contributed by atoms with Crippen LogP contribution in [0.3, 0.4) is 0 Å². The van der Waals surface area contributed by atoms with Crippen LogP contribution in [0, 0.1) is 11.8 Å². The van der Waals surface area contributed by atoms with E-state index in [4.69, 9.17) is 0 Å². The molecule has 1 saturated carbocycles. The Balaban J connectivity index is 2.29. The molecule has 0 spiro atoms. The molecule has 1 heterocycles. The second-order valence-electron chi connectivity index (χ2n) is 6.77. The Bertz CT molecular complexity index is 388. The zero-order valence-corrected chi connectivity index (χ0v) is 12.4. The van der Waals surface area contributed by atoms with Crippen LogP contribution in [0.4, 0.5) is 13.2 Å². The summed E-state index contributed by atoms with van der Waals surface area (Å²) in [4.78, 5) is 13.5. The minimum Gasteiger partial charge on any atom is -0.311 e. The Kier molecular flexibility index (Phi) is 3.82. The Morgan fingerprint density at radius 1 is 1.30 bits per heavy atom. The molecule has 6 heteroatoms. The topological polar surface area (TPSA) is 32.3 Å². The van der Waals surface area contributed by atoms with E-state index in [0.717, 1.165) is 4.90 Å². The van der Waals surface area contributed by atoms with E-state index in [1.165, 1.54) is 0 Å². The van der Waals surface area contributed by atoms with Crippen LogP contribution in [0.15, 0.2) is 0 Å². The molecule has 20 heavy (non-hydrogen) atoms. The fraction of sp³-hybridized carbons (Fsp3) is 0.929. The van der Waals surface area contributed by atoms with Gasteiger partial charge in [-0.25, -0.2) is 0 Å². The monoisotopic (exact) mass is 292 g/mol. The molecule has 1 N–H and O–H groups in total. The highest BCUT2D eigenvalue weighted by atomic mass is 19.4. The standard InChI is InChI=1S/C14H23F3N2O/c1-8(2)7-10-18-11(9(3)4)12(20)19(10)13(5-6-13)14(15,16)17/h8-11,18H,5-7H2,1-4H3. The number of nitrogens with zero attached hydrogens (tertiary/aromatic N) is 1. The van der Waals surface area contributed by atoms with Crippen molar-refractivity contribution in [1.82, 2.24) is 10.2 Å². The highest BCUT2D eigenvalue weighted by Crippen LogP contribution is 2.55. The summed E-state index contributed by atoms with van der Waals surface area (Å²) in [5.41, 5.74) is -1.92. The molecule has 1 aliphatic carbocycles. The van der Waals surface area contributed by atoms with Gasteiger partial charge in [-0.15, -0.1) is 0 Å². The summed E-state index contributed by atoms with van der Waals surface area (Å²) in [5, 5.41) is 3.12. The number of nitrogens with one attached hydrogen (secondary N) is 1. The van der Waals surface area contributed by atoms with Gasteiger partial charge in [0, 0.05) is 0 Å². The lowest BCUT2D eigenvalue weighted by molar-refractivity contribution is -0.203. The third-order valence-corrected chi connectivity index (χ3v) is 4.26. The number of carbonyl (C=O) groups is 1. The van der Waals surface area contributed by atoms with Crippen molar-refractivity contribution in [2.45, 2.75) is 70.9 Å². The van der Waals surface area contributed by atoms with Crippen LogP contribution >= 0.6 is 0 Å². The van der Waals surface area contributed by atoms with Gasteiger partial charge in [-0.05, 0) is 31.1 Å². The summed E-state index contributed by atoms with van der Waals surface area (Å²) < 4.78 is 40.0. The van der Waals surface area contributed by atoms with E-state index in [1.807, 2.05) is 27.7 Å². The van der Waals surface area contributed by atoms with Gasteiger partial charge in [0.1, 0.15) is 5.54 Å². The number of amides is 1. The van der Waals surface area contributed by atoms with Crippen molar-refractivity contribution >= 4 is 5.91 Å². The minimum absolute atomic E-state index is 0.00815. The Labute approximate surface area is 117 Å². The third-order valence-electron chi connectivity index (χ3n) is 4.26. The first kappa shape index (κ1) is 15.6. The summed E-state index contributed by atoms with van der Waals surface area (Å²) >= 11 is 0. The van der Waals surface area contributed by atoms with E-state index in [9.17, 15) is 18.0 Å². The summed E-state index contributed by atoms with van der Waals surface area (Å²) in [5.74, 6) is -0.163. The van der Waals surface area contributed by atoms with Crippen molar-refractivity contribution in [2.24, 2.45) is 11.8 Å². The van der Waals surface area contributed by atoms with Gasteiger partial charge in [-0.3, -0.25) is 10.1 Å². The number of hydrogen-bond donors (Lipinski definition) is 1. The molecule has 116 valence electrons. The fourth-order valence-electron chi connectivity index (χ4n) is 3.04. The van der Waals surface area contributed by atoms with Gasteiger partial charge >= 0.3 is 6.18 Å². The second-order valence-corrected chi connectivity index (χ2v) is 6.77. The first-order valence-electron chi connectivity index (χ1n) is 7.26. The van der Waals surface area contributed by atoms with E-state index in [0.29, 0.717) is 6.42 Å². The van der Waals surface area contributed by atoms with Crippen LogP contribution < -0.4 is 5.32 Å². The predicted molar refractivity (Wildman–Crippen MR) is 69.9 cm³/mol. The highest BCUT2D eigenvalue weighted by Gasteiger charge is 2.70. The van der Waals surface area contributed by atoms with Crippen LogP contribution in [0.25, 0.3) is 0 Å². The predicted octanol–water partition coefficient (Wildman–Crippen LogP) is 2.91. The summed E-state index contributed by atoms with van der Waals surface area (Å²) in [7, 11) is 0. The average molecular weight is 292 g/mol. The van der Waals surface area contributed by atoms with Crippen LogP contribution in [-0.4, -0.2) is 34.7 Å². The molecule has 2 fully saturated rings. The van der Waals surface area contributed by atoms with Gasteiger partial charge in [0.05, 0.1) is 12.2 Å². The maximum Gasteiger partial charge on any atom is 0.411 e. The normalized spacial score (nSPS) is 29.6. The molecule has 0 bridgehead atoms. The zero-order chi connectivity index (χ0) is 15.3. The molecule has 1 saturated heterocycles. The largest absolute Gasteiger partial charge is 0.411 e. The molecular weight excluding hydrogens is 269 g/mol. The van der Waals surface area contributed by atoms with Crippen molar-refractivity contribution in [1.29, 1.82) is 0 Å². The van der Waals surface area contributed by atoms with Gasteiger partial charge in [0.25, 0.3) is 0 Å². The number of halogens is 3. The highest BCUT2D eigenvalue weighted by molar-refractivity contribution is 5.86. The van der Waals surface area contributed by atoms with E-state index < -0.39 is 23.9 Å². The summed E-state index contributed by atoms with van der Waals surface area (Å²) in [6.45, 7) is 7.64. The summed E-state index contributed by atoms with van der Waals surface area (Å²) in [6, 6.07) is -0.501. The Morgan fingerprint density at radius 2 is 1.85 bits per heavy atom. The van der Waals surface area contributed by atoms with Gasteiger partial charge in [0.2, 0.25) is 5.91 Å². The molecule has 2 rings (SSSR count). The molecule has 0 aromatic carbocycles. The van der Waals surface area contributed by atoms with Crippen molar-refractivity contribution < 1.29 is 18.0 Å². The number of carbonyl (C=O) groups excluding carboxylic acids is 1. The quantitative estimate of drug-likeness (QED) is 0.864. The molecule has 0 radical (unpaired) electrons. The molecule has 3 nitrogen and oxygen atoms in total. The minimum atomic E-state index is -4.34. The molecule has 0 aromatic heterocycles. The van der Waals surface area contributed by atoms with Gasteiger partial charge in [-0.2, -0.15) is 13.2 Å². The fourth-order valence-corrected chi connectivity index (χ4v) is 3.04. The lowest BCUT2D eigenvalue weighted by Crippen LogP contribution is -2.54. The Hall–Kier alpha value is -0.780. The van der Waals surface area contributed by atoms with Crippen LogP contribution in [-0.2, 0) is 4.79 Å². The SMILES string of the molecule is CC(C)CC1NC(C(C)C)C(=O)N1C1(C(F)(F)F)CC1. The smallest absolute Gasteiger partial charge is 0.311 e. The molecule has 2 atom stereocenters. The first-order chi connectivity index (χ1) is 9.10. The lowest BCUT2D eigenvalue weighted by Gasteiger charge is -2.35. The molecule has 2 unspecified atom stereocenters. The lowest BCUT2D eigenvalue weighted by atomic mass is 10.0. The number of rotatable bonds is 4. The second kappa shape index (κ2) is 4.90. The molecule has 0 aromatic rings. The van der Waals surface area contributed by atoms with Gasteiger partial charge < -0.3 is 4.90 Å². The van der Waals surface area contributed by atoms with E-state index in [2.05, 4.69) is 5.32 Å². The molecule has 2 aliphatic rings. The number of hydrogen-bond acceptors (Lipinski definition) is 2. The first-order valence-corrected chi connectivity index (χ1v) is 7.26. The van der Waals surface area contributed by atoms with E-state index >= 15 is 0 Å². The molecule has 1 amide bonds. The van der Waals surface area contributed by atoms with Crippen LogP contribution in [0.2, 0.25) is 0 Å². The molecular formula is C14H23F3N2O. The van der Waals surface area contributed by atoms with Crippen molar-refractivity contribution in [3.8, 4) is 0 Å². The van der Waals surface area contributed by atoms with Crippen LogP contribution in [0.5, 0.6) is 0 Å². The number of alkyl halides is 3. The summed E-state index contributed by atoms with van der Waals surface area (Å²) in [6.07, 6.45) is -4.23. The molecule has 1 aliphatic heterocycles. The van der Waals surface area contributed by atoms with Crippen molar-refractivity contribution in [3.63, 3.8) is 0 Å². The Morgan fingerprint density at radius 3 is 2.20 bits per heavy atom. The zero-order valence-electron chi connectivity index (χ0n) is 12.4. The van der Waals surface area contributed by atoms with Crippen molar-refractivity contribution in [2.75, 3.05) is 0 Å². The van der Waals surface area contributed by atoms with E-state index in [-0.39, 0.29) is 30.6 Å². The van der Waals surface area contributed by atoms with E-state index in [1.54, 1.807) is 0 Å². The third kappa shape index (κ3) is 2.43. The van der Waals surface area contributed by atoms with Crippen molar-refractivity contribution in [3.05, 3.63) is 0 Å². The van der Waals surface area contributed by atoms with Crippen LogP contribution in [0.1, 0.15) is 47.0 Å². The maximum absolute atomic E-state index is 13.3. The maximum atomic E-state index is 13.3. The average Bonchev–Trinajstić information content (AvgIpc) is 2.99. The van der Waals surface area contributed by atoms with Gasteiger partial charge in [-0.1, -0.05) is 27.7 Å².